The molecule has 1 aliphatic rings. The van der Waals surface area contributed by atoms with Crippen molar-refractivity contribution in [2.45, 2.75) is 6.54 Å². The van der Waals surface area contributed by atoms with Crippen LogP contribution >= 0.6 is 0 Å². The normalized spacial score (nSPS) is 14.8. The van der Waals surface area contributed by atoms with Crippen LogP contribution in [0.1, 0.15) is 15.9 Å². The maximum Gasteiger partial charge on any atom is 0.251 e. The van der Waals surface area contributed by atoms with E-state index in [4.69, 9.17) is 0 Å². The lowest BCUT2D eigenvalue weighted by molar-refractivity contribution is 0.0942. The Balaban J connectivity index is 1.55. The molecular weight excluding hydrogens is 252 g/mol. The Labute approximate surface area is 118 Å². The molecule has 104 valence electrons. The minimum atomic E-state index is 0.00563. The van der Waals surface area contributed by atoms with Crippen molar-refractivity contribution in [3.8, 4) is 0 Å². The number of hydrogen-bond acceptors (Lipinski definition) is 3. The van der Waals surface area contributed by atoms with E-state index in [-0.39, 0.29) is 5.91 Å². The SMILES string of the molecule is O=C(NCC1CNC1)c1ccc(Cn2ccnc2)cc1. The van der Waals surface area contributed by atoms with Gasteiger partial charge in [0.15, 0.2) is 0 Å². The minimum absolute atomic E-state index is 0.00563. The van der Waals surface area contributed by atoms with Gasteiger partial charge < -0.3 is 15.2 Å². The molecule has 0 atom stereocenters. The van der Waals surface area contributed by atoms with Crippen molar-refractivity contribution in [1.82, 2.24) is 20.2 Å². The minimum Gasteiger partial charge on any atom is -0.352 e. The summed E-state index contributed by atoms with van der Waals surface area (Å²) in [4.78, 5) is 16.0. The van der Waals surface area contributed by atoms with Crippen LogP contribution in [0.4, 0.5) is 0 Å². The molecule has 5 nitrogen and oxygen atoms in total. The van der Waals surface area contributed by atoms with E-state index in [0.29, 0.717) is 11.5 Å². The van der Waals surface area contributed by atoms with Gasteiger partial charge in [0.25, 0.3) is 5.91 Å². The van der Waals surface area contributed by atoms with Gasteiger partial charge in [-0.05, 0) is 17.7 Å². The summed E-state index contributed by atoms with van der Waals surface area (Å²) in [6.07, 6.45) is 5.47. The van der Waals surface area contributed by atoms with Gasteiger partial charge >= 0.3 is 0 Å². The van der Waals surface area contributed by atoms with Crippen LogP contribution in [0.5, 0.6) is 0 Å². The number of rotatable bonds is 5. The third-order valence-corrected chi connectivity index (χ3v) is 3.56. The first-order valence-electron chi connectivity index (χ1n) is 6.85. The van der Waals surface area contributed by atoms with Gasteiger partial charge in [0.05, 0.1) is 6.33 Å². The van der Waals surface area contributed by atoms with E-state index in [0.717, 1.165) is 31.7 Å². The molecule has 0 radical (unpaired) electrons. The molecule has 1 fully saturated rings. The van der Waals surface area contributed by atoms with Gasteiger partial charge in [-0.25, -0.2) is 4.98 Å². The van der Waals surface area contributed by atoms with Gasteiger partial charge in [-0.15, -0.1) is 0 Å². The van der Waals surface area contributed by atoms with Crippen molar-refractivity contribution in [2.24, 2.45) is 5.92 Å². The van der Waals surface area contributed by atoms with E-state index in [1.54, 1.807) is 12.5 Å². The number of nitrogens with zero attached hydrogens (tertiary/aromatic N) is 2. The Kier molecular flexibility index (Phi) is 3.78. The lowest BCUT2D eigenvalue weighted by Gasteiger charge is -2.27. The molecule has 1 amide bonds. The fourth-order valence-electron chi connectivity index (χ4n) is 2.18. The Morgan fingerprint density at radius 2 is 2.15 bits per heavy atom. The van der Waals surface area contributed by atoms with E-state index >= 15 is 0 Å². The standard InChI is InChI=1S/C15H18N4O/c20-15(18-9-13-7-17-8-13)14-3-1-12(2-4-14)10-19-6-5-16-11-19/h1-6,11,13,17H,7-10H2,(H,18,20). The summed E-state index contributed by atoms with van der Waals surface area (Å²) in [6, 6.07) is 7.72. The first-order valence-corrected chi connectivity index (χ1v) is 6.85. The lowest BCUT2D eigenvalue weighted by atomic mass is 10.0. The smallest absolute Gasteiger partial charge is 0.251 e. The molecule has 1 saturated heterocycles. The predicted molar refractivity (Wildman–Crippen MR) is 76.5 cm³/mol. The molecule has 0 bridgehead atoms. The number of benzene rings is 1. The highest BCUT2D eigenvalue weighted by atomic mass is 16.1. The zero-order chi connectivity index (χ0) is 13.8. The topological polar surface area (TPSA) is 59.0 Å². The molecule has 5 heteroatoms. The molecule has 0 aliphatic carbocycles. The van der Waals surface area contributed by atoms with Crippen LogP contribution in [0.25, 0.3) is 0 Å². The third kappa shape index (κ3) is 3.05. The first-order chi connectivity index (χ1) is 9.81. The lowest BCUT2D eigenvalue weighted by Crippen LogP contribution is -2.48. The van der Waals surface area contributed by atoms with Crippen molar-refractivity contribution in [2.75, 3.05) is 19.6 Å². The van der Waals surface area contributed by atoms with Crippen LogP contribution in [-0.2, 0) is 6.54 Å². The number of nitrogens with one attached hydrogen (secondary N) is 2. The van der Waals surface area contributed by atoms with Gasteiger partial charge in [0.2, 0.25) is 0 Å². The second kappa shape index (κ2) is 5.88. The fourth-order valence-corrected chi connectivity index (χ4v) is 2.18. The van der Waals surface area contributed by atoms with Crippen molar-refractivity contribution in [3.63, 3.8) is 0 Å². The summed E-state index contributed by atoms with van der Waals surface area (Å²) < 4.78 is 2.00. The highest BCUT2D eigenvalue weighted by Crippen LogP contribution is 2.07. The molecular formula is C15H18N4O. The Morgan fingerprint density at radius 3 is 2.75 bits per heavy atom. The molecule has 2 aromatic rings. The largest absolute Gasteiger partial charge is 0.352 e. The number of amides is 1. The van der Waals surface area contributed by atoms with Crippen LogP contribution in [0.15, 0.2) is 43.0 Å². The maximum atomic E-state index is 12.0. The molecule has 1 aromatic heterocycles. The van der Waals surface area contributed by atoms with E-state index in [2.05, 4.69) is 15.6 Å². The van der Waals surface area contributed by atoms with Crippen LogP contribution in [0.3, 0.4) is 0 Å². The molecule has 2 N–H and O–H groups in total. The maximum absolute atomic E-state index is 12.0. The monoisotopic (exact) mass is 270 g/mol. The van der Waals surface area contributed by atoms with E-state index < -0.39 is 0 Å². The van der Waals surface area contributed by atoms with Gasteiger partial charge in [-0.2, -0.15) is 0 Å². The predicted octanol–water partition coefficient (Wildman–Crippen LogP) is 0.881. The number of hydrogen-bond donors (Lipinski definition) is 2. The summed E-state index contributed by atoms with van der Waals surface area (Å²) in [5.74, 6) is 0.588. The van der Waals surface area contributed by atoms with Gasteiger partial charge in [-0.1, -0.05) is 12.1 Å². The zero-order valence-corrected chi connectivity index (χ0v) is 11.2. The van der Waals surface area contributed by atoms with Crippen molar-refractivity contribution in [3.05, 3.63) is 54.1 Å². The molecule has 2 heterocycles. The number of aromatic nitrogens is 2. The Bertz CT molecular complexity index is 558. The molecule has 0 unspecified atom stereocenters. The summed E-state index contributed by atoms with van der Waals surface area (Å²) in [5.41, 5.74) is 1.87. The molecule has 1 aliphatic heterocycles. The first kappa shape index (κ1) is 12.9. The van der Waals surface area contributed by atoms with E-state index in [1.165, 1.54) is 0 Å². The molecule has 1 aromatic carbocycles. The quantitative estimate of drug-likeness (QED) is 0.848. The average Bonchev–Trinajstić information content (AvgIpc) is 2.90. The number of imidazole rings is 1. The number of carbonyl (C=O) groups excluding carboxylic acids is 1. The highest BCUT2D eigenvalue weighted by Gasteiger charge is 2.17. The second-order valence-corrected chi connectivity index (χ2v) is 5.17. The fraction of sp³-hybridized carbons (Fsp3) is 0.333. The molecule has 0 spiro atoms. The summed E-state index contributed by atoms with van der Waals surface area (Å²) in [6.45, 7) is 3.53. The van der Waals surface area contributed by atoms with Gasteiger partial charge in [-0.3, -0.25) is 4.79 Å². The highest BCUT2D eigenvalue weighted by molar-refractivity contribution is 5.94. The zero-order valence-electron chi connectivity index (χ0n) is 11.2. The van der Waals surface area contributed by atoms with Crippen LogP contribution in [0, 0.1) is 5.92 Å². The summed E-state index contributed by atoms with van der Waals surface area (Å²) >= 11 is 0. The molecule has 3 rings (SSSR count). The van der Waals surface area contributed by atoms with Crippen LogP contribution < -0.4 is 10.6 Å². The Hall–Kier alpha value is -2.14. The van der Waals surface area contributed by atoms with Gasteiger partial charge in [0.1, 0.15) is 0 Å². The van der Waals surface area contributed by atoms with Crippen LogP contribution in [-0.4, -0.2) is 35.1 Å². The van der Waals surface area contributed by atoms with Crippen molar-refractivity contribution >= 4 is 5.91 Å². The third-order valence-electron chi connectivity index (χ3n) is 3.56. The average molecular weight is 270 g/mol. The van der Waals surface area contributed by atoms with Crippen molar-refractivity contribution in [1.29, 1.82) is 0 Å². The van der Waals surface area contributed by atoms with Gasteiger partial charge in [0, 0.05) is 50.1 Å². The molecule has 0 saturated carbocycles. The van der Waals surface area contributed by atoms with E-state index in [1.807, 2.05) is 35.0 Å². The summed E-state index contributed by atoms with van der Waals surface area (Å²) in [7, 11) is 0. The van der Waals surface area contributed by atoms with E-state index in [9.17, 15) is 4.79 Å². The van der Waals surface area contributed by atoms with Crippen molar-refractivity contribution < 1.29 is 4.79 Å². The second-order valence-electron chi connectivity index (χ2n) is 5.17. The summed E-state index contributed by atoms with van der Waals surface area (Å²) in [5, 5.41) is 6.17. The molecule has 20 heavy (non-hydrogen) atoms. The Morgan fingerprint density at radius 1 is 1.35 bits per heavy atom. The van der Waals surface area contributed by atoms with Crippen LogP contribution in [0.2, 0.25) is 0 Å². The number of carbonyl (C=O) groups is 1.